The van der Waals surface area contributed by atoms with Gasteiger partial charge in [0.15, 0.2) is 4.90 Å². The minimum atomic E-state index is -4.66. The van der Waals surface area contributed by atoms with E-state index in [1.165, 1.54) is 6.07 Å². The predicted octanol–water partition coefficient (Wildman–Crippen LogP) is 4.21. The van der Waals surface area contributed by atoms with Crippen molar-refractivity contribution in [3.8, 4) is 5.75 Å². The number of nitrogens with zero attached hydrogens (tertiary/aromatic N) is 2. The van der Waals surface area contributed by atoms with Crippen molar-refractivity contribution in [2.75, 3.05) is 0 Å². The van der Waals surface area contributed by atoms with E-state index < -0.39 is 20.8 Å². The van der Waals surface area contributed by atoms with Gasteiger partial charge in [0.1, 0.15) is 11.4 Å². The first kappa shape index (κ1) is 15.1. The lowest BCUT2D eigenvalue weighted by atomic mass is 10.1. The average Bonchev–Trinajstić information content (AvgIpc) is 2.53. The van der Waals surface area contributed by atoms with E-state index in [4.69, 9.17) is 0 Å². The summed E-state index contributed by atoms with van der Waals surface area (Å²) in [5.41, 5.74) is 0.383. The number of phenolic OH excluding ortho intramolecular Hbond substituents is 1. The molecule has 116 valence electrons. The van der Waals surface area contributed by atoms with E-state index in [2.05, 4.69) is 10.2 Å². The molecule has 0 unspecified atom stereocenters. The molecular weight excluding hydrogens is 316 g/mol. The molecule has 0 amide bonds. The zero-order valence-electron chi connectivity index (χ0n) is 11.8. The molecule has 3 rings (SSSR count). The number of benzene rings is 3. The van der Waals surface area contributed by atoms with Crippen molar-refractivity contribution in [1.29, 1.82) is 0 Å². The van der Waals surface area contributed by atoms with Gasteiger partial charge in [-0.3, -0.25) is 4.55 Å². The van der Waals surface area contributed by atoms with E-state index in [1.807, 2.05) is 6.07 Å². The minimum absolute atomic E-state index is 0.132. The highest BCUT2D eigenvalue weighted by atomic mass is 32.2. The molecule has 0 radical (unpaired) electrons. The smallest absolute Gasteiger partial charge is 0.300 e. The summed E-state index contributed by atoms with van der Waals surface area (Å²) in [6, 6.07) is 16.8. The maximum atomic E-state index is 11.6. The molecule has 2 N–H and O–H groups in total. The minimum Gasteiger partial charge on any atom is -0.506 e. The fourth-order valence-electron chi connectivity index (χ4n) is 2.23. The van der Waals surface area contributed by atoms with Crippen LogP contribution in [0.1, 0.15) is 0 Å². The van der Waals surface area contributed by atoms with Gasteiger partial charge >= 0.3 is 0 Å². The number of fused-ring (bicyclic) bond motifs is 1. The van der Waals surface area contributed by atoms with Gasteiger partial charge in [0.2, 0.25) is 0 Å². The van der Waals surface area contributed by atoms with E-state index in [9.17, 15) is 18.1 Å². The van der Waals surface area contributed by atoms with Gasteiger partial charge in [-0.05, 0) is 23.6 Å². The van der Waals surface area contributed by atoms with Crippen LogP contribution in [-0.2, 0) is 10.1 Å². The topological polar surface area (TPSA) is 99.3 Å². The van der Waals surface area contributed by atoms with Crippen molar-refractivity contribution in [3.05, 3.63) is 60.7 Å². The highest BCUT2D eigenvalue weighted by Gasteiger charge is 2.23. The molecule has 0 saturated heterocycles. The highest BCUT2D eigenvalue weighted by molar-refractivity contribution is 7.86. The molecule has 0 aliphatic carbocycles. The molecule has 0 saturated carbocycles. The number of rotatable bonds is 3. The Hall–Kier alpha value is -2.77. The second-order valence-electron chi connectivity index (χ2n) is 4.81. The fourth-order valence-corrected chi connectivity index (χ4v) is 2.95. The molecule has 0 heterocycles. The number of azo groups is 1. The second kappa shape index (κ2) is 5.79. The largest absolute Gasteiger partial charge is 0.506 e. The van der Waals surface area contributed by atoms with Gasteiger partial charge in [-0.25, -0.2) is 0 Å². The molecule has 0 aliphatic rings. The molecule has 0 bridgehead atoms. The summed E-state index contributed by atoms with van der Waals surface area (Å²) in [4.78, 5) is -0.657. The zero-order chi connectivity index (χ0) is 16.4. The Kier molecular flexibility index (Phi) is 3.81. The Balaban J connectivity index is 2.24. The Labute approximate surface area is 132 Å². The molecule has 23 heavy (non-hydrogen) atoms. The maximum Gasteiger partial charge on any atom is 0.300 e. The quantitative estimate of drug-likeness (QED) is 0.555. The average molecular weight is 328 g/mol. The third-order valence-corrected chi connectivity index (χ3v) is 4.16. The van der Waals surface area contributed by atoms with Crippen molar-refractivity contribution in [1.82, 2.24) is 0 Å². The lowest BCUT2D eigenvalue weighted by Gasteiger charge is -2.08. The van der Waals surface area contributed by atoms with Gasteiger partial charge < -0.3 is 5.11 Å². The normalized spacial score (nSPS) is 12.0. The highest BCUT2D eigenvalue weighted by Crippen LogP contribution is 2.39. The Morgan fingerprint density at radius 3 is 2.22 bits per heavy atom. The Morgan fingerprint density at radius 2 is 1.52 bits per heavy atom. The molecule has 7 heteroatoms. The molecule has 0 atom stereocenters. The third-order valence-electron chi connectivity index (χ3n) is 3.24. The van der Waals surface area contributed by atoms with Crippen LogP contribution in [0.15, 0.2) is 75.8 Å². The number of hydrogen-bond donors (Lipinski definition) is 2. The van der Waals surface area contributed by atoms with Crippen molar-refractivity contribution < 1.29 is 18.1 Å². The van der Waals surface area contributed by atoms with E-state index >= 15 is 0 Å². The SMILES string of the molecule is O=S(=O)(O)c1c(N=Nc2ccccc2)cc2ccccc2c1O. The lowest BCUT2D eigenvalue weighted by molar-refractivity contribution is 0.448. The Morgan fingerprint density at radius 1 is 0.870 bits per heavy atom. The number of phenols is 1. The first-order valence-electron chi connectivity index (χ1n) is 6.66. The third kappa shape index (κ3) is 3.05. The van der Waals surface area contributed by atoms with Crippen molar-refractivity contribution in [2.45, 2.75) is 4.90 Å². The van der Waals surface area contributed by atoms with Crippen LogP contribution in [0, 0.1) is 0 Å². The standard InChI is InChI=1S/C16H12N2O4S/c19-15-13-9-5-4-6-11(13)10-14(16(15)23(20,21)22)18-17-12-7-2-1-3-8-12/h1-10,19H,(H,20,21,22). The summed E-state index contributed by atoms with van der Waals surface area (Å²) in [6.07, 6.45) is 0. The van der Waals surface area contributed by atoms with Gasteiger partial charge in [-0.1, -0.05) is 42.5 Å². The summed E-state index contributed by atoms with van der Waals surface area (Å²) in [5.74, 6) is -0.549. The van der Waals surface area contributed by atoms with Crippen molar-refractivity contribution in [2.24, 2.45) is 10.2 Å². The molecule has 3 aromatic carbocycles. The maximum absolute atomic E-state index is 11.6. The van der Waals surface area contributed by atoms with E-state index in [-0.39, 0.29) is 5.69 Å². The van der Waals surface area contributed by atoms with Gasteiger partial charge in [0.25, 0.3) is 10.1 Å². The lowest BCUT2D eigenvalue weighted by Crippen LogP contribution is -1.99. The van der Waals surface area contributed by atoms with Crippen LogP contribution < -0.4 is 0 Å². The van der Waals surface area contributed by atoms with Gasteiger partial charge in [-0.2, -0.15) is 13.5 Å². The van der Waals surface area contributed by atoms with Crippen LogP contribution in [0.4, 0.5) is 11.4 Å². The molecule has 6 nitrogen and oxygen atoms in total. The van der Waals surface area contributed by atoms with Crippen LogP contribution >= 0.6 is 0 Å². The van der Waals surface area contributed by atoms with Gasteiger partial charge in [-0.15, -0.1) is 5.11 Å². The van der Waals surface area contributed by atoms with E-state index in [0.717, 1.165) is 0 Å². The molecular formula is C16H12N2O4S. The Bertz CT molecular complexity index is 999. The first-order chi connectivity index (χ1) is 11.0. The van der Waals surface area contributed by atoms with Crippen LogP contribution in [0.2, 0.25) is 0 Å². The van der Waals surface area contributed by atoms with Crippen LogP contribution in [0.3, 0.4) is 0 Å². The summed E-state index contributed by atoms with van der Waals surface area (Å²) in [5, 5.41) is 18.9. The molecule has 0 aliphatic heterocycles. The molecule has 0 fully saturated rings. The number of hydrogen-bond acceptors (Lipinski definition) is 5. The molecule has 0 aromatic heterocycles. The summed E-state index contributed by atoms with van der Waals surface area (Å²) in [7, 11) is -4.66. The predicted molar refractivity (Wildman–Crippen MR) is 86.0 cm³/mol. The summed E-state index contributed by atoms with van der Waals surface area (Å²) in [6.45, 7) is 0. The molecule has 3 aromatic rings. The summed E-state index contributed by atoms with van der Waals surface area (Å²) < 4.78 is 32.7. The summed E-state index contributed by atoms with van der Waals surface area (Å²) >= 11 is 0. The fraction of sp³-hybridized carbons (Fsp3) is 0. The van der Waals surface area contributed by atoms with Crippen LogP contribution in [0.25, 0.3) is 10.8 Å². The zero-order valence-corrected chi connectivity index (χ0v) is 12.6. The second-order valence-corrected chi connectivity index (χ2v) is 6.16. The van der Waals surface area contributed by atoms with Gasteiger partial charge in [0, 0.05) is 5.39 Å². The number of aromatic hydroxyl groups is 1. The van der Waals surface area contributed by atoms with Crippen LogP contribution in [0.5, 0.6) is 5.75 Å². The van der Waals surface area contributed by atoms with Crippen molar-refractivity contribution in [3.63, 3.8) is 0 Å². The first-order valence-corrected chi connectivity index (χ1v) is 8.10. The monoisotopic (exact) mass is 328 g/mol. The van der Waals surface area contributed by atoms with E-state index in [1.54, 1.807) is 48.5 Å². The van der Waals surface area contributed by atoms with Gasteiger partial charge in [0.05, 0.1) is 5.69 Å². The molecule has 0 spiro atoms. The van der Waals surface area contributed by atoms with Crippen molar-refractivity contribution >= 4 is 32.3 Å². The van der Waals surface area contributed by atoms with E-state index in [0.29, 0.717) is 16.5 Å². The van der Waals surface area contributed by atoms with Crippen LogP contribution in [-0.4, -0.2) is 18.1 Å².